The van der Waals surface area contributed by atoms with Gasteiger partial charge in [0.1, 0.15) is 73.5 Å². The molecule has 6 aromatic carbocycles. The summed E-state index contributed by atoms with van der Waals surface area (Å²) in [6, 6.07) is 42.3. The van der Waals surface area contributed by atoms with Gasteiger partial charge in [0.25, 0.3) is 0 Å². The molecule has 5 heterocycles. The number of ether oxygens (including phenoxy) is 5. The van der Waals surface area contributed by atoms with Crippen molar-refractivity contribution in [2.24, 2.45) is 11.8 Å². The van der Waals surface area contributed by atoms with Crippen LogP contribution in [0.2, 0.25) is 0 Å². The summed E-state index contributed by atoms with van der Waals surface area (Å²) in [4.78, 5) is 91.0. The minimum atomic E-state index is -1.72. The van der Waals surface area contributed by atoms with Gasteiger partial charge >= 0.3 is 17.9 Å². The lowest BCUT2D eigenvalue weighted by molar-refractivity contribution is -0.180. The van der Waals surface area contributed by atoms with E-state index < -0.39 is 83.4 Å². The zero-order chi connectivity index (χ0) is 54.1. The summed E-state index contributed by atoms with van der Waals surface area (Å²) in [5, 5.41) is 15.4. The van der Waals surface area contributed by atoms with E-state index in [0.717, 1.165) is 20.3 Å². The van der Waals surface area contributed by atoms with Crippen LogP contribution in [0.5, 0.6) is 11.5 Å². The normalized spacial score (nSPS) is 26.0. The molecule has 6 aromatic rings. The molecule has 16 nitrogen and oxygen atoms in total. The van der Waals surface area contributed by atoms with Crippen molar-refractivity contribution in [1.82, 2.24) is 15.1 Å². The Balaban J connectivity index is 0.890. The summed E-state index contributed by atoms with van der Waals surface area (Å²) in [6.07, 6.45) is 0.873. The fourth-order valence-electron chi connectivity index (χ4n) is 12.4. The molecule has 4 fully saturated rings. The third-order valence-electron chi connectivity index (χ3n) is 15.5. The zero-order valence-electron chi connectivity index (χ0n) is 42.2. The predicted molar refractivity (Wildman–Crippen MR) is 292 cm³/mol. The number of hydrogen-bond acceptors (Lipinski definition) is 13. The first-order chi connectivity index (χ1) is 38.0. The third kappa shape index (κ3) is 9.46. The SMILES string of the molecule is C=CCOC(=O)[C@H]1[C@@H]2C(=O)O[C@@H](c3ccccc3)[C@@H](c3ccccc3)N2[C@@H](c2ccc(OCCOC(=O)[C@H]3C[C@H]4C(=O)N[C@@H](Cc5ccccc5)C(=O)N4[C@H]3c3cccc(OCCO)c3)cc2)[C@]12C(=O)Nc1ccc(I)cc12. The van der Waals surface area contributed by atoms with Crippen LogP contribution >= 0.6 is 22.6 Å². The van der Waals surface area contributed by atoms with Crippen molar-refractivity contribution >= 4 is 63.9 Å². The van der Waals surface area contributed by atoms with Gasteiger partial charge in [-0.15, -0.1) is 0 Å². The van der Waals surface area contributed by atoms with Crippen LogP contribution in [-0.4, -0.2) is 102 Å². The summed E-state index contributed by atoms with van der Waals surface area (Å²) in [7, 11) is 0. The molecular formula is C61H55IN4O12. The molecule has 11 rings (SSSR count). The largest absolute Gasteiger partial charge is 0.491 e. The summed E-state index contributed by atoms with van der Waals surface area (Å²) >= 11 is 2.18. The molecule has 0 aliphatic carbocycles. The lowest BCUT2D eigenvalue weighted by atomic mass is 9.65. The van der Waals surface area contributed by atoms with E-state index in [0.29, 0.717) is 33.9 Å². The number of esters is 3. The minimum absolute atomic E-state index is 0.0210. The van der Waals surface area contributed by atoms with E-state index in [2.05, 4.69) is 39.8 Å². The predicted octanol–water partition coefficient (Wildman–Crippen LogP) is 7.28. The van der Waals surface area contributed by atoms with Gasteiger partial charge in [-0.2, -0.15) is 0 Å². The molecule has 0 bridgehead atoms. The lowest BCUT2D eigenvalue weighted by Gasteiger charge is -2.46. The Bertz CT molecular complexity index is 3260. The highest BCUT2D eigenvalue weighted by Gasteiger charge is 2.74. The van der Waals surface area contributed by atoms with Crippen LogP contribution in [-0.2, 0) is 54.8 Å². The van der Waals surface area contributed by atoms with Crippen molar-refractivity contribution in [1.29, 1.82) is 0 Å². The summed E-state index contributed by atoms with van der Waals surface area (Å²) in [6.45, 7) is 3.16. The maximum atomic E-state index is 15.3. The van der Waals surface area contributed by atoms with E-state index in [-0.39, 0.29) is 57.7 Å². The van der Waals surface area contributed by atoms with Gasteiger partial charge < -0.3 is 44.3 Å². The Kier molecular flexibility index (Phi) is 14.9. The second-order valence-electron chi connectivity index (χ2n) is 19.9. The molecule has 17 heteroatoms. The van der Waals surface area contributed by atoms with E-state index >= 15 is 4.79 Å². The number of fused-ring (bicyclic) bond motifs is 4. The molecule has 0 radical (unpaired) electrons. The third-order valence-corrected chi connectivity index (χ3v) is 16.1. The first kappa shape index (κ1) is 52.2. The summed E-state index contributed by atoms with van der Waals surface area (Å²) in [5.74, 6) is -4.70. The zero-order valence-corrected chi connectivity index (χ0v) is 44.3. The molecule has 0 saturated carbocycles. The molecule has 1 spiro atoms. The fraction of sp³-hybridized carbons (Fsp3) is 0.279. The van der Waals surface area contributed by atoms with Gasteiger partial charge in [0.2, 0.25) is 17.7 Å². The Morgan fingerprint density at radius 2 is 1.41 bits per heavy atom. The molecule has 398 valence electrons. The monoisotopic (exact) mass is 1160 g/mol. The highest BCUT2D eigenvalue weighted by Crippen LogP contribution is 2.65. The van der Waals surface area contributed by atoms with Gasteiger partial charge in [0, 0.05) is 15.7 Å². The molecule has 0 aromatic heterocycles. The Labute approximate surface area is 463 Å². The van der Waals surface area contributed by atoms with Crippen molar-refractivity contribution < 1.29 is 57.6 Å². The average Bonchev–Trinajstić information content (AvgIpc) is 4.21. The average molecular weight is 1160 g/mol. The van der Waals surface area contributed by atoms with Crippen LogP contribution in [0.1, 0.15) is 64.0 Å². The molecular weight excluding hydrogens is 1110 g/mol. The highest BCUT2D eigenvalue weighted by atomic mass is 127. The van der Waals surface area contributed by atoms with Crippen molar-refractivity contribution in [3.63, 3.8) is 0 Å². The van der Waals surface area contributed by atoms with Gasteiger partial charge in [-0.1, -0.05) is 128 Å². The number of piperazine rings is 1. The van der Waals surface area contributed by atoms with Gasteiger partial charge in [0.05, 0.1) is 30.7 Å². The van der Waals surface area contributed by atoms with Crippen molar-refractivity contribution in [3.8, 4) is 11.5 Å². The van der Waals surface area contributed by atoms with Gasteiger partial charge in [-0.05, 0) is 105 Å². The summed E-state index contributed by atoms with van der Waals surface area (Å²) < 4.78 is 30.9. The van der Waals surface area contributed by atoms with E-state index in [1.165, 1.54) is 11.0 Å². The number of anilines is 1. The molecule has 5 aliphatic rings. The van der Waals surface area contributed by atoms with Gasteiger partial charge in [0.15, 0.2) is 0 Å². The highest BCUT2D eigenvalue weighted by molar-refractivity contribution is 14.1. The number of morpholine rings is 1. The fourth-order valence-corrected chi connectivity index (χ4v) is 12.9. The number of carbonyl (C=O) groups excluding carboxylic acids is 6. The molecule has 10 atom stereocenters. The number of rotatable bonds is 17. The first-order valence-electron chi connectivity index (χ1n) is 25.9. The van der Waals surface area contributed by atoms with Crippen molar-refractivity contribution in [2.75, 3.05) is 38.4 Å². The van der Waals surface area contributed by atoms with Crippen LogP contribution in [0.15, 0.2) is 170 Å². The number of aliphatic hydroxyl groups excluding tert-OH is 1. The molecule has 78 heavy (non-hydrogen) atoms. The number of aliphatic hydroxyl groups is 1. The molecule has 0 unspecified atom stereocenters. The van der Waals surface area contributed by atoms with E-state index in [4.69, 9.17) is 23.7 Å². The number of amides is 3. The Hall–Kier alpha value is -7.87. The standard InChI is InChI=1S/C61H55IN4O12/c1-2-28-76-58(71)49-52-59(72)78-53(38-17-10-5-11-18-38)51(37-15-8-4-9-16-37)66(52)54(61(49)45-34-41(62)23-26-46(45)64-60(61)73)39-21-24-42(25-22-39)75-30-31-77-57(70)44-35-48-55(68)63-47(32-36-13-6-3-7-14-36)56(69)65(48)50(44)40-19-12-20-43(33-40)74-29-27-67/h2-26,33-34,44,47-54,67H,1,27-32,35H2,(H,63,68)(H,64,73)/t44-,47-,48-,49+,50-,51+,52+,53-,54-,61+/m0/s1. The number of nitrogens with zero attached hydrogens (tertiary/aromatic N) is 2. The Morgan fingerprint density at radius 3 is 2.13 bits per heavy atom. The summed E-state index contributed by atoms with van der Waals surface area (Å²) in [5.41, 5.74) is 2.88. The van der Waals surface area contributed by atoms with Crippen LogP contribution in [0, 0.1) is 15.4 Å². The quantitative estimate of drug-likeness (QED) is 0.0271. The second kappa shape index (κ2) is 22.2. The molecule has 3 N–H and O–H groups in total. The lowest BCUT2D eigenvalue weighted by Crippen LogP contribution is -2.62. The number of hydrogen-bond donors (Lipinski definition) is 3. The molecule has 3 amide bonds. The second-order valence-corrected chi connectivity index (χ2v) is 21.1. The number of benzene rings is 6. The maximum absolute atomic E-state index is 15.3. The van der Waals surface area contributed by atoms with Gasteiger partial charge in [-0.3, -0.25) is 33.7 Å². The molecule has 4 saturated heterocycles. The van der Waals surface area contributed by atoms with Crippen LogP contribution in [0.25, 0.3) is 0 Å². The first-order valence-corrected chi connectivity index (χ1v) is 27.0. The van der Waals surface area contributed by atoms with Gasteiger partial charge in [-0.25, -0.2) is 0 Å². The van der Waals surface area contributed by atoms with E-state index in [1.807, 2.05) is 120 Å². The number of nitrogens with one attached hydrogen (secondary N) is 2. The number of halogens is 1. The van der Waals surface area contributed by atoms with Crippen molar-refractivity contribution in [2.45, 2.75) is 60.6 Å². The van der Waals surface area contributed by atoms with Crippen molar-refractivity contribution in [3.05, 3.63) is 207 Å². The van der Waals surface area contributed by atoms with E-state index in [1.54, 1.807) is 42.5 Å². The number of cyclic esters (lactones) is 1. The van der Waals surface area contributed by atoms with Crippen LogP contribution < -0.4 is 20.1 Å². The topological polar surface area (TPSA) is 199 Å². The molecule has 5 aliphatic heterocycles. The minimum Gasteiger partial charge on any atom is -0.491 e. The number of carbonyl (C=O) groups is 6. The maximum Gasteiger partial charge on any atom is 0.325 e. The van der Waals surface area contributed by atoms with Crippen LogP contribution in [0.4, 0.5) is 5.69 Å². The Morgan fingerprint density at radius 1 is 0.718 bits per heavy atom. The van der Waals surface area contributed by atoms with E-state index in [9.17, 15) is 29.1 Å². The smallest absolute Gasteiger partial charge is 0.325 e. The van der Waals surface area contributed by atoms with Crippen LogP contribution in [0.3, 0.4) is 0 Å².